The third-order valence-electron chi connectivity index (χ3n) is 3.93. The van der Waals surface area contributed by atoms with Crippen LogP contribution in [0.25, 0.3) is 0 Å². The van der Waals surface area contributed by atoms with Gasteiger partial charge in [-0.15, -0.1) is 0 Å². The van der Waals surface area contributed by atoms with Crippen LogP contribution in [0, 0.1) is 17.0 Å². The summed E-state index contributed by atoms with van der Waals surface area (Å²) in [5, 5.41) is 10.8. The monoisotopic (exact) mass is 234 g/mol. The smallest absolute Gasteiger partial charge is 0.272 e. The van der Waals surface area contributed by atoms with Crippen LogP contribution in [0.15, 0.2) is 18.2 Å². The molecule has 0 saturated heterocycles. The van der Waals surface area contributed by atoms with Crippen LogP contribution in [0.3, 0.4) is 0 Å². The quantitative estimate of drug-likeness (QED) is 0.645. The van der Waals surface area contributed by atoms with Gasteiger partial charge in [-0.1, -0.05) is 6.07 Å². The maximum absolute atomic E-state index is 10.8. The Hall–Kier alpha value is -1.42. The third kappa shape index (κ3) is 1.82. The minimum Gasteiger partial charge on any atom is -0.325 e. The van der Waals surface area contributed by atoms with Gasteiger partial charge < -0.3 is 5.73 Å². The fraction of sp³-hybridized carbons (Fsp3) is 0.538. The van der Waals surface area contributed by atoms with E-state index in [9.17, 15) is 10.1 Å². The van der Waals surface area contributed by atoms with E-state index in [1.807, 2.05) is 26.0 Å². The van der Waals surface area contributed by atoms with E-state index >= 15 is 0 Å². The van der Waals surface area contributed by atoms with Gasteiger partial charge in [0.15, 0.2) is 0 Å². The first-order chi connectivity index (χ1) is 7.78. The van der Waals surface area contributed by atoms with Crippen molar-refractivity contribution in [2.75, 3.05) is 0 Å². The summed E-state index contributed by atoms with van der Waals surface area (Å²) >= 11 is 0. The van der Waals surface area contributed by atoms with Gasteiger partial charge in [0, 0.05) is 22.6 Å². The Bertz CT molecular complexity index is 471. The molecular weight excluding hydrogens is 216 g/mol. The fourth-order valence-corrected chi connectivity index (χ4v) is 2.59. The molecule has 4 heteroatoms. The van der Waals surface area contributed by atoms with E-state index in [0.29, 0.717) is 5.56 Å². The number of rotatable bonds is 3. The molecule has 1 saturated carbocycles. The molecule has 1 fully saturated rings. The van der Waals surface area contributed by atoms with Gasteiger partial charge >= 0.3 is 0 Å². The molecule has 0 radical (unpaired) electrons. The first kappa shape index (κ1) is 12.0. The molecule has 0 heterocycles. The number of benzene rings is 1. The van der Waals surface area contributed by atoms with E-state index < -0.39 is 0 Å². The van der Waals surface area contributed by atoms with Crippen LogP contribution < -0.4 is 5.73 Å². The summed E-state index contributed by atoms with van der Waals surface area (Å²) in [4.78, 5) is 10.4. The number of nitro groups is 1. The molecule has 0 aliphatic heterocycles. The Morgan fingerprint density at radius 1 is 1.41 bits per heavy atom. The van der Waals surface area contributed by atoms with Crippen molar-refractivity contribution in [3.05, 3.63) is 39.4 Å². The van der Waals surface area contributed by atoms with Crippen molar-refractivity contribution in [3.8, 4) is 0 Å². The summed E-state index contributed by atoms with van der Waals surface area (Å²) in [7, 11) is 0. The van der Waals surface area contributed by atoms with Crippen LogP contribution in [-0.4, -0.2) is 10.5 Å². The van der Waals surface area contributed by atoms with Crippen molar-refractivity contribution in [2.45, 2.75) is 44.6 Å². The molecule has 2 rings (SSSR count). The van der Waals surface area contributed by atoms with Crippen LogP contribution in [0.4, 0.5) is 5.69 Å². The molecule has 1 aliphatic rings. The maximum Gasteiger partial charge on any atom is 0.272 e. The molecule has 0 aromatic heterocycles. The Balaban J connectivity index is 2.43. The number of nitro benzene ring substituents is 1. The third-order valence-corrected chi connectivity index (χ3v) is 3.93. The zero-order chi connectivity index (χ0) is 12.8. The van der Waals surface area contributed by atoms with Crippen LogP contribution in [0.1, 0.15) is 37.8 Å². The number of nitrogens with zero attached hydrogens (tertiary/aromatic N) is 1. The number of hydrogen-bond donors (Lipinski definition) is 1. The SMILES string of the molecule is Cc1cc(C2(C(C)(C)N)CC2)ccc1[N+](=O)[O-]. The van der Waals surface area contributed by atoms with Gasteiger partial charge in [0.25, 0.3) is 5.69 Å². The van der Waals surface area contributed by atoms with Gasteiger partial charge in [0.1, 0.15) is 0 Å². The Morgan fingerprint density at radius 2 is 2.00 bits per heavy atom. The summed E-state index contributed by atoms with van der Waals surface area (Å²) in [6.07, 6.45) is 2.13. The molecule has 0 spiro atoms. The second-order valence-electron chi connectivity index (χ2n) is 5.56. The minimum absolute atomic E-state index is 0.00683. The highest BCUT2D eigenvalue weighted by Crippen LogP contribution is 2.55. The molecule has 1 aromatic carbocycles. The van der Waals surface area contributed by atoms with E-state index in [1.165, 1.54) is 0 Å². The molecule has 0 unspecified atom stereocenters. The summed E-state index contributed by atoms with van der Waals surface area (Å²) in [5.74, 6) is 0. The average molecular weight is 234 g/mol. The topological polar surface area (TPSA) is 69.2 Å². The van der Waals surface area contributed by atoms with Crippen molar-refractivity contribution in [3.63, 3.8) is 0 Å². The number of aryl methyl sites for hydroxylation is 1. The molecule has 0 atom stereocenters. The van der Waals surface area contributed by atoms with Crippen molar-refractivity contribution >= 4 is 5.69 Å². The number of nitrogens with two attached hydrogens (primary N) is 1. The van der Waals surface area contributed by atoms with E-state index in [4.69, 9.17) is 5.73 Å². The van der Waals surface area contributed by atoms with Crippen LogP contribution in [-0.2, 0) is 5.41 Å². The van der Waals surface area contributed by atoms with Gasteiger partial charge in [-0.2, -0.15) is 0 Å². The lowest BCUT2D eigenvalue weighted by Crippen LogP contribution is -2.45. The molecule has 4 nitrogen and oxygen atoms in total. The van der Waals surface area contributed by atoms with Gasteiger partial charge in [-0.3, -0.25) is 10.1 Å². The van der Waals surface area contributed by atoms with E-state index in [-0.39, 0.29) is 21.6 Å². The molecule has 0 amide bonds. The molecule has 17 heavy (non-hydrogen) atoms. The highest BCUT2D eigenvalue weighted by Gasteiger charge is 2.53. The zero-order valence-corrected chi connectivity index (χ0v) is 10.5. The first-order valence-electron chi connectivity index (χ1n) is 5.82. The van der Waals surface area contributed by atoms with Gasteiger partial charge in [-0.05, 0) is 45.2 Å². The molecule has 0 bridgehead atoms. The fourth-order valence-electron chi connectivity index (χ4n) is 2.59. The first-order valence-corrected chi connectivity index (χ1v) is 5.82. The van der Waals surface area contributed by atoms with Gasteiger partial charge in [0.2, 0.25) is 0 Å². The summed E-state index contributed by atoms with van der Waals surface area (Å²) in [6.45, 7) is 5.83. The van der Waals surface area contributed by atoms with E-state index in [2.05, 4.69) is 0 Å². The summed E-state index contributed by atoms with van der Waals surface area (Å²) in [5.41, 5.74) is 7.97. The lowest BCUT2D eigenvalue weighted by atomic mass is 9.79. The lowest BCUT2D eigenvalue weighted by molar-refractivity contribution is -0.385. The molecular formula is C13H18N2O2. The minimum atomic E-state index is -0.341. The predicted octanol–water partition coefficient (Wildman–Crippen LogP) is 2.67. The highest BCUT2D eigenvalue weighted by atomic mass is 16.6. The Kier molecular flexibility index (Phi) is 2.51. The van der Waals surface area contributed by atoms with E-state index in [1.54, 1.807) is 13.0 Å². The summed E-state index contributed by atoms with van der Waals surface area (Å²) in [6, 6.07) is 5.36. The van der Waals surface area contributed by atoms with Crippen LogP contribution in [0.2, 0.25) is 0 Å². The zero-order valence-electron chi connectivity index (χ0n) is 10.5. The van der Waals surface area contributed by atoms with Crippen molar-refractivity contribution < 1.29 is 4.92 Å². The molecule has 2 N–H and O–H groups in total. The van der Waals surface area contributed by atoms with E-state index in [0.717, 1.165) is 18.4 Å². The van der Waals surface area contributed by atoms with Crippen LogP contribution in [0.5, 0.6) is 0 Å². The van der Waals surface area contributed by atoms with Crippen molar-refractivity contribution in [2.24, 2.45) is 5.73 Å². The standard InChI is InChI=1S/C13H18N2O2/c1-9-8-10(4-5-11(9)15(16)17)13(6-7-13)12(2,3)14/h4-5,8H,6-7,14H2,1-3H3. The largest absolute Gasteiger partial charge is 0.325 e. The predicted molar refractivity (Wildman–Crippen MR) is 67.0 cm³/mol. The average Bonchev–Trinajstić information content (AvgIpc) is 2.95. The second-order valence-corrected chi connectivity index (χ2v) is 5.56. The van der Waals surface area contributed by atoms with Crippen LogP contribution >= 0.6 is 0 Å². The Morgan fingerprint density at radius 3 is 2.35 bits per heavy atom. The van der Waals surface area contributed by atoms with Crippen molar-refractivity contribution in [1.82, 2.24) is 0 Å². The highest BCUT2D eigenvalue weighted by molar-refractivity contribution is 5.47. The molecule has 1 aromatic rings. The second kappa shape index (κ2) is 3.53. The van der Waals surface area contributed by atoms with Gasteiger partial charge in [0.05, 0.1) is 4.92 Å². The lowest BCUT2D eigenvalue weighted by Gasteiger charge is -2.31. The molecule has 1 aliphatic carbocycles. The van der Waals surface area contributed by atoms with Crippen molar-refractivity contribution in [1.29, 1.82) is 0 Å². The van der Waals surface area contributed by atoms with Gasteiger partial charge in [-0.25, -0.2) is 0 Å². The molecule has 92 valence electrons. The Labute approximate surface area is 101 Å². The summed E-state index contributed by atoms with van der Waals surface area (Å²) < 4.78 is 0. The maximum atomic E-state index is 10.8. The number of hydrogen-bond acceptors (Lipinski definition) is 3. The normalized spacial score (nSPS) is 17.9.